The molecule has 2 aromatic carbocycles. The number of anilines is 2. The van der Waals surface area contributed by atoms with Crippen LogP contribution < -0.4 is 29.5 Å². The average Bonchev–Trinajstić information content (AvgIpc) is 3.68. The zero-order valence-corrected chi connectivity index (χ0v) is 41.6. The van der Waals surface area contributed by atoms with Crippen molar-refractivity contribution in [3.05, 3.63) is 100 Å². The van der Waals surface area contributed by atoms with Crippen molar-refractivity contribution in [3.63, 3.8) is 0 Å². The monoisotopic (exact) mass is 969 g/mol. The molecule has 2 saturated heterocycles. The Morgan fingerprint density at radius 2 is 1.81 bits per heavy atom. The number of fused-ring (bicyclic) bond motifs is 1. The van der Waals surface area contributed by atoms with E-state index in [-0.39, 0.29) is 56.2 Å². The maximum atomic E-state index is 14.9. The second-order valence-corrected chi connectivity index (χ2v) is 23.3. The van der Waals surface area contributed by atoms with Crippen LogP contribution in [0.4, 0.5) is 21.6 Å². The Labute approximate surface area is 401 Å². The molecular formula is C51H65FN7O7PS. The van der Waals surface area contributed by atoms with E-state index in [1.807, 2.05) is 6.92 Å². The quantitative estimate of drug-likeness (QED) is 0.0713. The van der Waals surface area contributed by atoms with Crippen LogP contribution in [-0.4, -0.2) is 98.6 Å². The summed E-state index contributed by atoms with van der Waals surface area (Å²) in [5, 5.41) is 26.0. The lowest BCUT2D eigenvalue weighted by Gasteiger charge is -2.57. The van der Waals surface area contributed by atoms with Gasteiger partial charge < -0.3 is 35.1 Å². The van der Waals surface area contributed by atoms with Crippen molar-refractivity contribution in [2.75, 3.05) is 62.9 Å². The predicted molar refractivity (Wildman–Crippen MR) is 265 cm³/mol. The SMILES string of the molecule is COc1nc2c(cc1Oc1cc(N3CCC4(CC3)CC(N3CCPCC3c3ccccc3C(C)C)C4)ccc1C(=O)NS(=O)(=O)c1cnc(NC[C@H]3CC[C@](C)(O)CC3)c([NH+](C)[O-])c1)C(F)=CC2. The van der Waals surface area contributed by atoms with Crippen molar-refractivity contribution in [2.24, 2.45) is 11.3 Å². The fourth-order valence-corrected chi connectivity index (χ4v) is 13.4. The normalized spacial score (nSPS) is 23.8. The summed E-state index contributed by atoms with van der Waals surface area (Å²) in [6.07, 6.45) is 12.7. The number of allylic oxidation sites excluding steroid dienone is 1. The summed E-state index contributed by atoms with van der Waals surface area (Å²) < 4.78 is 56.9. The van der Waals surface area contributed by atoms with Crippen molar-refractivity contribution in [3.8, 4) is 17.4 Å². The van der Waals surface area contributed by atoms with E-state index >= 15 is 0 Å². The molecule has 4 heterocycles. The molecule has 5 aliphatic rings. The van der Waals surface area contributed by atoms with Gasteiger partial charge in [0.05, 0.1) is 37.2 Å². The molecule has 17 heteroatoms. The molecule has 4 fully saturated rings. The number of nitrogens with zero attached hydrogens (tertiary/aromatic N) is 4. The molecule has 3 atom stereocenters. The van der Waals surface area contributed by atoms with E-state index in [0.717, 1.165) is 65.8 Å². The van der Waals surface area contributed by atoms with E-state index < -0.39 is 32.4 Å². The van der Waals surface area contributed by atoms with Gasteiger partial charge in [-0.15, -0.1) is 8.58 Å². The summed E-state index contributed by atoms with van der Waals surface area (Å²) in [4.78, 5) is 27.7. The molecule has 3 unspecified atom stereocenters. The molecular weight excluding hydrogens is 905 g/mol. The van der Waals surface area contributed by atoms with Crippen LogP contribution in [0.3, 0.4) is 0 Å². The summed E-state index contributed by atoms with van der Waals surface area (Å²) in [6.45, 7) is 9.66. The first-order valence-electron chi connectivity index (χ1n) is 24.1. The summed E-state index contributed by atoms with van der Waals surface area (Å²) in [6, 6.07) is 17.8. The van der Waals surface area contributed by atoms with Gasteiger partial charge in [-0.05, 0) is 123 Å². The third-order valence-electron chi connectivity index (χ3n) is 15.2. The zero-order valence-electron chi connectivity index (χ0n) is 39.7. The van der Waals surface area contributed by atoms with E-state index in [1.54, 1.807) is 12.1 Å². The van der Waals surface area contributed by atoms with Crippen LogP contribution in [0.15, 0.2) is 71.8 Å². The highest BCUT2D eigenvalue weighted by molar-refractivity contribution is 7.90. The molecule has 14 nitrogen and oxygen atoms in total. The molecule has 4 N–H and O–H groups in total. The second kappa shape index (κ2) is 19.6. The Morgan fingerprint density at radius 1 is 1.06 bits per heavy atom. The van der Waals surface area contributed by atoms with Crippen LogP contribution in [-0.2, 0) is 16.4 Å². The first kappa shape index (κ1) is 48.3. The number of benzene rings is 2. The van der Waals surface area contributed by atoms with Gasteiger partial charge in [0.15, 0.2) is 17.3 Å². The number of pyridine rings is 2. The molecule has 2 aliphatic heterocycles. The summed E-state index contributed by atoms with van der Waals surface area (Å²) in [7, 11) is -0.818. The topological polar surface area (TPSA) is 174 Å². The third-order valence-corrected chi connectivity index (χ3v) is 17.7. The lowest BCUT2D eigenvalue weighted by Crippen LogP contribution is -2.98. The van der Waals surface area contributed by atoms with Crippen LogP contribution in [0.1, 0.15) is 117 Å². The number of hydroxylamine groups is 1. The smallest absolute Gasteiger partial charge is 0.268 e. The van der Waals surface area contributed by atoms with Gasteiger partial charge in [0, 0.05) is 68.1 Å². The van der Waals surface area contributed by atoms with Crippen molar-refractivity contribution in [2.45, 2.75) is 107 Å². The zero-order chi connectivity index (χ0) is 48.0. The molecule has 9 rings (SSSR count). The summed E-state index contributed by atoms with van der Waals surface area (Å²) >= 11 is 0. The minimum absolute atomic E-state index is 0.0338. The number of carbonyl (C=O) groups is 1. The van der Waals surface area contributed by atoms with Crippen molar-refractivity contribution >= 4 is 47.5 Å². The summed E-state index contributed by atoms with van der Waals surface area (Å²) in [5.74, 6) is -0.256. The number of methoxy groups -OCH3 is 1. The Balaban J connectivity index is 0.925. The Morgan fingerprint density at radius 3 is 2.53 bits per heavy atom. The van der Waals surface area contributed by atoms with Crippen molar-refractivity contribution in [1.29, 1.82) is 0 Å². The second-order valence-electron chi connectivity index (χ2n) is 20.2. The number of nitrogens with one attached hydrogen (secondary N) is 3. The number of carbonyl (C=O) groups excluding carboxylic acids is 1. The molecule has 2 saturated carbocycles. The Bertz CT molecular complexity index is 2660. The van der Waals surface area contributed by atoms with Gasteiger partial charge in [-0.2, -0.15) is 0 Å². The van der Waals surface area contributed by atoms with E-state index in [4.69, 9.17) is 9.47 Å². The fourth-order valence-electron chi connectivity index (χ4n) is 11.1. The molecule has 364 valence electrons. The number of hydrogen-bond acceptors (Lipinski definition) is 12. The lowest BCUT2D eigenvalue weighted by molar-refractivity contribution is -0.751. The van der Waals surface area contributed by atoms with Gasteiger partial charge in [-0.1, -0.05) is 38.1 Å². The highest BCUT2D eigenvalue weighted by Gasteiger charge is 2.49. The molecule has 1 amide bonds. The standard InChI is InChI=1S/C51H65FN7O7PS/c1-32(2)37-8-6-7-9-38(37)44-31-67-23-22-59(44)35-27-51(28-35)18-20-58(21-19-51)34-10-11-39(45(24-34)66-46-26-40-41(52)12-13-42(40)55-49(46)65-5)48(60)56-68(63,64)36-25-43(57(4)62)47(54-30-36)53-29-33-14-16-50(3,61)17-15-33/h6-12,24-26,30,32-33,35,44,57,61,67H,13-23,27-29,31H2,1-5H3,(H,53,54)(H,56,60)/t33-,44?,50-. The van der Waals surface area contributed by atoms with Gasteiger partial charge in [0.2, 0.25) is 0 Å². The predicted octanol–water partition coefficient (Wildman–Crippen LogP) is 7.87. The van der Waals surface area contributed by atoms with Gasteiger partial charge in [0.25, 0.3) is 21.8 Å². The fraction of sp³-hybridized carbons (Fsp3) is 0.510. The molecule has 68 heavy (non-hydrogen) atoms. The van der Waals surface area contributed by atoms with Crippen molar-refractivity contribution in [1.82, 2.24) is 19.6 Å². The van der Waals surface area contributed by atoms with Crippen LogP contribution in [0.2, 0.25) is 0 Å². The first-order valence-corrected chi connectivity index (χ1v) is 27.0. The van der Waals surface area contributed by atoms with Gasteiger partial charge >= 0.3 is 0 Å². The van der Waals surface area contributed by atoms with Crippen LogP contribution in [0.25, 0.3) is 5.83 Å². The molecule has 1 spiro atoms. The number of rotatable bonds is 14. The van der Waals surface area contributed by atoms with Gasteiger partial charge in [-0.3, -0.25) is 9.69 Å². The van der Waals surface area contributed by atoms with Crippen LogP contribution in [0, 0.1) is 16.5 Å². The lowest BCUT2D eigenvalue weighted by atomic mass is 9.59. The maximum Gasteiger partial charge on any atom is 0.268 e. The Kier molecular flexibility index (Phi) is 13.9. The number of aromatic nitrogens is 2. The van der Waals surface area contributed by atoms with E-state index in [1.165, 1.54) is 74.7 Å². The number of sulfonamides is 1. The average molecular weight is 970 g/mol. The van der Waals surface area contributed by atoms with Crippen LogP contribution >= 0.6 is 8.58 Å². The van der Waals surface area contributed by atoms with Gasteiger partial charge in [-0.25, -0.2) is 27.5 Å². The number of amides is 1. The van der Waals surface area contributed by atoms with Gasteiger partial charge in [0.1, 0.15) is 16.5 Å². The summed E-state index contributed by atoms with van der Waals surface area (Å²) in [5.41, 5.74) is 4.05. The minimum Gasteiger partial charge on any atom is -0.629 e. The van der Waals surface area contributed by atoms with Crippen LogP contribution in [0.5, 0.6) is 17.4 Å². The Hall–Kier alpha value is -4.70. The maximum absolute atomic E-state index is 14.9. The molecule has 3 aliphatic carbocycles. The highest BCUT2D eigenvalue weighted by Crippen LogP contribution is 2.54. The molecule has 4 aromatic rings. The third kappa shape index (κ3) is 10.1. The minimum atomic E-state index is -4.56. The number of quaternary nitrogens is 1. The highest BCUT2D eigenvalue weighted by atomic mass is 32.2. The van der Waals surface area contributed by atoms with Crippen molar-refractivity contribution < 1.29 is 37.2 Å². The first-order chi connectivity index (χ1) is 32.5. The van der Waals surface area contributed by atoms with E-state index in [9.17, 15) is 27.9 Å². The largest absolute Gasteiger partial charge is 0.629 e. The number of aliphatic hydroxyl groups is 1. The van der Waals surface area contributed by atoms with E-state index in [2.05, 4.69) is 67.9 Å². The number of piperidine rings is 1. The molecule has 2 aromatic heterocycles. The molecule has 0 radical (unpaired) electrons. The van der Waals surface area contributed by atoms with E-state index in [0.29, 0.717) is 49.5 Å². The molecule has 0 bridgehead atoms. The number of halogens is 1. The number of ether oxygens (including phenoxy) is 2. The number of hydrogen-bond donors (Lipinski definition) is 4.